The van der Waals surface area contributed by atoms with Crippen molar-refractivity contribution in [2.24, 2.45) is 0 Å². The number of hydrogen-bond donors (Lipinski definition) is 2. The number of nitrogens with one attached hydrogen (secondary N) is 2. The van der Waals surface area contributed by atoms with Crippen LogP contribution < -0.4 is 10.6 Å². The number of amides is 2. The van der Waals surface area contributed by atoms with Crippen LogP contribution in [0.25, 0.3) is 0 Å². The van der Waals surface area contributed by atoms with Gasteiger partial charge in [-0.15, -0.1) is 0 Å². The average molecular weight is 319 g/mol. The number of morpholine rings is 1. The van der Waals surface area contributed by atoms with Crippen LogP contribution in [0, 0.1) is 0 Å². The lowest BCUT2D eigenvalue weighted by molar-refractivity contribution is -0.117. The summed E-state index contributed by atoms with van der Waals surface area (Å²) in [6.45, 7) is 7.14. The minimum absolute atomic E-state index is 0.0226. The van der Waals surface area contributed by atoms with Crippen LogP contribution >= 0.6 is 0 Å². The first kappa shape index (κ1) is 17.4. The molecule has 1 saturated heterocycles. The highest BCUT2D eigenvalue weighted by Gasteiger charge is 2.20. The molecule has 0 radical (unpaired) electrons. The summed E-state index contributed by atoms with van der Waals surface area (Å²) in [5, 5.41) is 6.11. The molecular formula is C17H25N3O3. The Kier molecular flexibility index (Phi) is 6.55. The number of carbonyl (C=O) groups is 2. The van der Waals surface area contributed by atoms with E-state index in [0.717, 1.165) is 6.54 Å². The Bertz CT molecular complexity index is 538. The maximum Gasteiger partial charge on any atom is 0.255 e. The first-order valence-electron chi connectivity index (χ1n) is 8.15. The Morgan fingerprint density at radius 3 is 2.70 bits per heavy atom. The zero-order valence-electron chi connectivity index (χ0n) is 13.8. The Balaban J connectivity index is 2.04. The first-order valence-corrected chi connectivity index (χ1v) is 8.15. The molecule has 1 aliphatic rings. The predicted molar refractivity (Wildman–Crippen MR) is 89.5 cm³/mol. The molecule has 1 aromatic carbocycles. The van der Waals surface area contributed by atoms with Gasteiger partial charge in [-0.2, -0.15) is 0 Å². The quantitative estimate of drug-likeness (QED) is 0.833. The lowest BCUT2D eigenvalue weighted by Gasteiger charge is -2.24. The molecule has 2 amide bonds. The molecule has 2 N–H and O–H groups in total. The van der Waals surface area contributed by atoms with Gasteiger partial charge in [0.1, 0.15) is 0 Å². The van der Waals surface area contributed by atoms with E-state index >= 15 is 0 Å². The molecular weight excluding hydrogens is 294 g/mol. The van der Waals surface area contributed by atoms with Crippen molar-refractivity contribution in [1.82, 2.24) is 10.2 Å². The Morgan fingerprint density at radius 2 is 2.04 bits per heavy atom. The molecule has 126 valence electrons. The molecule has 1 atom stereocenters. The molecule has 1 heterocycles. The summed E-state index contributed by atoms with van der Waals surface area (Å²) >= 11 is 0. The molecule has 0 spiro atoms. The van der Waals surface area contributed by atoms with E-state index in [1.807, 2.05) is 26.0 Å². The average Bonchev–Trinajstić information content (AvgIpc) is 2.57. The lowest BCUT2D eigenvalue weighted by Crippen LogP contribution is -2.43. The first-order chi connectivity index (χ1) is 11.2. The van der Waals surface area contributed by atoms with Crippen LogP contribution in [0.1, 0.15) is 30.6 Å². The molecule has 0 aliphatic carbocycles. The van der Waals surface area contributed by atoms with Gasteiger partial charge >= 0.3 is 0 Å². The van der Waals surface area contributed by atoms with Crippen molar-refractivity contribution in [3.8, 4) is 0 Å². The van der Waals surface area contributed by atoms with E-state index < -0.39 is 0 Å². The second-order valence-corrected chi connectivity index (χ2v) is 5.50. The summed E-state index contributed by atoms with van der Waals surface area (Å²) in [7, 11) is 0. The van der Waals surface area contributed by atoms with Crippen LogP contribution in [0.5, 0.6) is 0 Å². The van der Waals surface area contributed by atoms with Crippen molar-refractivity contribution in [2.45, 2.75) is 26.3 Å². The van der Waals surface area contributed by atoms with E-state index in [2.05, 4.69) is 10.6 Å². The zero-order valence-corrected chi connectivity index (χ0v) is 13.8. The number of nitrogens with zero attached hydrogens (tertiary/aromatic N) is 1. The van der Waals surface area contributed by atoms with E-state index in [4.69, 9.17) is 4.74 Å². The molecule has 1 fully saturated rings. The minimum atomic E-state index is -0.118. The van der Waals surface area contributed by atoms with Crippen LogP contribution in [-0.4, -0.2) is 55.6 Å². The van der Waals surface area contributed by atoms with Gasteiger partial charge < -0.3 is 20.3 Å². The van der Waals surface area contributed by atoms with Crippen molar-refractivity contribution in [1.29, 1.82) is 0 Å². The van der Waals surface area contributed by atoms with Crippen molar-refractivity contribution < 1.29 is 14.3 Å². The fourth-order valence-electron chi connectivity index (χ4n) is 2.64. The summed E-state index contributed by atoms with van der Waals surface area (Å²) in [4.78, 5) is 26.5. The minimum Gasteiger partial charge on any atom is -0.378 e. The molecule has 0 saturated carbocycles. The van der Waals surface area contributed by atoms with Crippen LogP contribution in [0.15, 0.2) is 24.3 Å². The third-order valence-electron chi connectivity index (χ3n) is 3.91. The molecule has 6 nitrogen and oxygen atoms in total. The lowest BCUT2D eigenvalue weighted by atomic mass is 10.1. The molecule has 1 unspecified atom stereocenters. The topological polar surface area (TPSA) is 70.7 Å². The van der Waals surface area contributed by atoms with Crippen molar-refractivity contribution in [3.05, 3.63) is 29.8 Å². The third-order valence-corrected chi connectivity index (χ3v) is 3.91. The summed E-state index contributed by atoms with van der Waals surface area (Å²) in [5.41, 5.74) is 1.09. The molecule has 0 bridgehead atoms. The van der Waals surface area contributed by atoms with Gasteiger partial charge in [0.25, 0.3) is 5.91 Å². The van der Waals surface area contributed by atoms with Crippen LogP contribution in [0.2, 0.25) is 0 Å². The predicted octanol–water partition coefficient (Wildman–Crippen LogP) is 1.49. The normalized spacial score (nSPS) is 17.6. The standard InChI is InChI=1S/C17H25N3O3/c1-3-20(4-2)17(22)14-7-5-6-8-15(14)19-16(21)11-13-12-23-10-9-18-13/h5-8,13,18H,3-4,9-12H2,1-2H3,(H,19,21). The summed E-state index contributed by atoms with van der Waals surface area (Å²) in [6, 6.07) is 7.16. The number of ether oxygens (including phenoxy) is 1. The number of anilines is 1. The molecule has 2 rings (SSSR count). The maximum atomic E-state index is 12.5. The second kappa shape index (κ2) is 8.64. The Hall–Kier alpha value is -1.92. The summed E-state index contributed by atoms with van der Waals surface area (Å²) < 4.78 is 5.35. The SMILES string of the molecule is CCN(CC)C(=O)c1ccccc1NC(=O)CC1COCCN1. The third kappa shape index (κ3) is 4.77. The largest absolute Gasteiger partial charge is 0.378 e. The van der Waals surface area contributed by atoms with Crippen molar-refractivity contribution in [3.63, 3.8) is 0 Å². The van der Waals surface area contributed by atoms with Gasteiger partial charge in [0.15, 0.2) is 0 Å². The molecule has 1 aromatic rings. The highest BCUT2D eigenvalue weighted by atomic mass is 16.5. The molecule has 0 aromatic heterocycles. The van der Waals surface area contributed by atoms with Gasteiger partial charge in [0, 0.05) is 32.1 Å². The van der Waals surface area contributed by atoms with Gasteiger partial charge in [-0.1, -0.05) is 12.1 Å². The van der Waals surface area contributed by atoms with Gasteiger partial charge in [-0.25, -0.2) is 0 Å². The van der Waals surface area contributed by atoms with Crippen molar-refractivity contribution >= 4 is 17.5 Å². The number of hydrogen-bond acceptors (Lipinski definition) is 4. The number of rotatable bonds is 6. The van der Waals surface area contributed by atoms with Crippen molar-refractivity contribution in [2.75, 3.05) is 38.2 Å². The van der Waals surface area contributed by atoms with E-state index in [-0.39, 0.29) is 17.9 Å². The molecule has 1 aliphatic heterocycles. The van der Waals surface area contributed by atoms with E-state index in [1.54, 1.807) is 17.0 Å². The number of carbonyl (C=O) groups excluding carboxylic acids is 2. The number of benzene rings is 1. The number of para-hydroxylation sites is 1. The fourth-order valence-corrected chi connectivity index (χ4v) is 2.64. The smallest absolute Gasteiger partial charge is 0.255 e. The molecule has 23 heavy (non-hydrogen) atoms. The maximum absolute atomic E-state index is 12.5. The van der Waals surface area contributed by atoms with Gasteiger partial charge in [0.05, 0.1) is 24.5 Å². The van der Waals surface area contributed by atoms with E-state index in [9.17, 15) is 9.59 Å². The van der Waals surface area contributed by atoms with Crippen LogP contribution in [0.4, 0.5) is 5.69 Å². The second-order valence-electron chi connectivity index (χ2n) is 5.50. The summed E-state index contributed by atoms with van der Waals surface area (Å²) in [6.07, 6.45) is 0.327. The van der Waals surface area contributed by atoms with Gasteiger partial charge in [0.2, 0.25) is 5.91 Å². The monoisotopic (exact) mass is 319 g/mol. The summed E-state index contributed by atoms with van der Waals surface area (Å²) in [5.74, 6) is -0.183. The molecule has 6 heteroatoms. The Labute approximate surface area is 137 Å². The van der Waals surface area contributed by atoms with Crippen LogP contribution in [0.3, 0.4) is 0 Å². The van der Waals surface area contributed by atoms with E-state index in [1.165, 1.54) is 0 Å². The van der Waals surface area contributed by atoms with Gasteiger partial charge in [-0.05, 0) is 26.0 Å². The fraction of sp³-hybridized carbons (Fsp3) is 0.529. The Morgan fingerprint density at radius 1 is 1.30 bits per heavy atom. The highest BCUT2D eigenvalue weighted by Crippen LogP contribution is 2.18. The van der Waals surface area contributed by atoms with Gasteiger partial charge in [-0.3, -0.25) is 9.59 Å². The zero-order chi connectivity index (χ0) is 16.7. The highest BCUT2D eigenvalue weighted by molar-refractivity contribution is 6.03. The van der Waals surface area contributed by atoms with E-state index in [0.29, 0.717) is 44.0 Å². The van der Waals surface area contributed by atoms with Crippen LogP contribution in [-0.2, 0) is 9.53 Å².